The van der Waals surface area contributed by atoms with Crippen LogP contribution in [-0.2, 0) is 5.41 Å². The Bertz CT molecular complexity index is 2230. The maximum Gasteiger partial charge on any atom is 0.0159 e. The van der Waals surface area contributed by atoms with E-state index in [0.717, 1.165) is 0 Å². The molecule has 0 spiro atoms. The third kappa shape index (κ3) is 3.60. The van der Waals surface area contributed by atoms with Gasteiger partial charge in [-0.1, -0.05) is 135 Å². The highest BCUT2D eigenvalue weighted by molar-refractivity contribution is 6.16. The highest BCUT2D eigenvalue weighted by Gasteiger charge is 2.36. The summed E-state index contributed by atoms with van der Waals surface area (Å²) in [6.45, 7) is 9.33. The Morgan fingerprint density at radius 3 is 0.956 bits per heavy atom. The van der Waals surface area contributed by atoms with Crippen LogP contribution in [0.2, 0.25) is 0 Å². The molecule has 8 aromatic rings. The largest absolute Gasteiger partial charge is 0.0616 e. The number of rotatable bonds is 2. The molecular formula is C45H34. The number of benzene rings is 8. The SMILES string of the molecule is Cc1c2ccccc2c(-c2ccc3c(c2)C(C)(C)c2cc(-c4c5ccccc5c(C)c5ccccc45)ccc2-3)c2ccccc12. The molecule has 0 fully saturated rings. The van der Waals surface area contributed by atoms with Gasteiger partial charge >= 0.3 is 0 Å². The molecule has 0 heteroatoms. The summed E-state index contributed by atoms with van der Waals surface area (Å²) in [6, 6.07) is 50.0. The second-order valence-electron chi connectivity index (χ2n) is 13.3. The molecule has 0 N–H and O–H groups in total. The minimum atomic E-state index is -0.136. The van der Waals surface area contributed by atoms with Crippen LogP contribution in [0.1, 0.15) is 36.1 Å². The molecule has 1 aliphatic carbocycles. The molecule has 0 atom stereocenters. The summed E-state index contributed by atoms with van der Waals surface area (Å²) in [5.74, 6) is 0. The zero-order valence-corrected chi connectivity index (χ0v) is 26.2. The zero-order chi connectivity index (χ0) is 30.4. The van der Waals surface area contributed by atoms with Crippen molar-refractivity contribution in [2.75, 3.05) is 0 Å². The summed E-state index contributed by atoms with van der Waals surface area (Å²) in [4.78, 5) is 0. The van der Waals surface area contributed by atoms with Crippen molar-refractivity contribution < 1.29 is 0 Å². The molecule has 0 bridgehead atoms. The lowest BCUT2D eigenvalue weighted by Crippen LogP contribution is -2.15. The van der Waals surface area contributed by atoms with Crippen LogP contribution in [0.3, 0.4) is 0 Å². The van der Waals surface area contributed by atoms with Crippen LogP contribution in [0.15, 0.2) is 133 Å². The van der Waals surface area contributed by atoms with Crippen molar-refractivity contribution in [3.63, 3.8) is 0 Å². The van der Waals surface area contributed by atoms with E-state index in [1.165, 1.54) is 98.7 Å². The lowest BCUT2D eigenvalue weighted by atomic mass is 9.79. The van der Waals surface area contributed by atoms with E-state index in [1.807, 2.05) is 0 Å². The number of fused-ring (bicyclic) bond motifs is 7. The van der Waals surface area contributed by atoms with Gasteiger partial charge in [0, 0.05) is 5.41 Å². The van der Waals surface area contributed by atoms with E-state index in [2.05, 4.69) is 161 Å². The average Bonchev–Trinajstić information content (AvgIpc) is 3.30. The molecule has 0 unspecified atom stereocenters. The summed E-state index contributed by atoms with van der Waals surface area (Å²) in [7, 11) is 0. The third-order valence-electron chi connectivity index (χ3n) is 10.7. The summed E-state index contributed by atoms with van der Waals surface area (Å²) in [5.41, 5.74) is 13.3. The van der Waals surface area contributed by atoms with Crippen LogP contribution in [0.5, 0.6) is 0 Å². The van der Waals surface area contributed by atoms with Gasteiger partial charge in [0.1, 0.15) is 0 Å². The predicted octanol–water partition coefficient (Wildman–Crippen LogP) is 12.6. The van der Waals surface area contributed by atoms with Gasteiger partial charge in [-0.15, -0.1) is 0 Å². The number of hydrogen-bond donors (Lipinski definition) is 0. The second kappa shape index (κ2) is 9.40. The van der Waals surface area contributed by atoms with Crippen molar-refractivity contribution >= 4 is 43.1 Å². The summed E-state index contributed by atoms with van der Waals surface area (Å²) in [5, 5.41) is 10.6. The topological polar surface area (TPSA) is 0 Å². The van der Waals surface area contributed by atoms with Crippen LogP contribution in [0.4, 0.5) is 0 Å². The Morgan fingerprint density at radius 2 is 0.644 bits per heavy atom. The van der Waals surface area contributed by atoms with Crippen molar-refractivity contribution in [3.05, 3.63) is 156 Å². The quantitative estimate of drug-likeness (QED) is 0.180. The molecule has 214 valence electrons. The van der Waals surface area contributed by atoms with E-state index in [1.54, 1.807) is 0 Å². The molecule has 0 aromatic heterocycles. The summed E-state index contributed by atoms with van der Waals surface area (Å²) in [6.07, 6.45) is 0. The van der Waals surface area contributed by atoms with Crippen LogP contribution in [0, 0.1) is 13.8 Å². The van der Waals surface area contributed by atoms with Crippen LogP contribution >= 0.6 is 0 Å². The van der Waals surface area contributed by atoms with Gasteiger partial charge in [0.05, 0.1) is 0 Å². The highest BCUT2D eigenvalue weighted by Crippen LogP contribution is 2.52. The van der Waals surface area contributed by atoms with Crippen molar-refractivity contribution in [1.29, 1.82) is 0 Å². The van der Waals surface area contributed by atoms with Crippen molar-refractivity contribution in [3.8, 4) is 33.4 Å². The summed E-state index contributed by atoms with van der Waals surface area (Å²) >= 11 is 0. The van der Waals surface area contributed by atoms with Gasteiger partial charge < -0.3 is 0 Å². The standard InChI is InChI=1S/C45H34/c1-27-31-13-5-9-17-37(31)43(38-18-10-6-14-32(27)38)29-21-23-35-36-24-22-30(26-42(36)45(3,4)41(35)25-29)44-39-19-11-7-15-33(39)28(2)34-16-8-12-20-40(34)44/h5-26H,1-4H3. The minimum absolute atomic E-state index is 0.136. The van der Waals surface area contributed by atoms with E-state index < -0.39 is 0 Å². The van der Waals surface area contributed by atoms with Crippen LogP contribution in [0.25, 0.3) is 76.5 Å². The Labute approximate surface area is 264 Å². The van der Waals surface area contributed by atoms with E-state index in [9.17, 15) is 0 Å². The van der Waals surface area contributed by atoms with E-state index in [4.69, 9.17) is 0 Å². The molecule has 9 rings (SSSR count). The number of hydrogen-bond acceptors (Lipinski definition) is 0. The predicted molar refractivity (Wildman–Crippen MR) is 194 cm³/mol. The molecule has 0 aliphatic heterocycles. The van der Waals surface area contributed by atoms with Gasteiger partial charge in [-0.2, -0.15) is 0 Å². The first-order chi connectivity index (χ1) is 21.9. The monoisotopic (exact) mass is 574 g/mol. The average molecular weight is 575 g/mol. The first kappa shape index (κ1) is 26.2. The Hall–Kier alpha value is -5.20. The first-order valence-corrected chi connectivity index (χ1v) is 16.0. The molecule has 0 heterocycles. The van der Waals surface area contributed by atoms with Gasteiger partial charge in [-0.05, 0) is 125 Å². The van der Waals surface area contributed by atoms with Gasteiger partial charge in [-0.25, -0.2) is 0 Å². The molecule has 0 saturated heterocycles. The van der Waals surface area contributed by atoms with Crippen LogP contribution in [-0.4, -0.2) is 0 Å². The minimum Gasteiger partial charge on any atom is -0.0616 e. The second-order valence-corrected chi connectivity index (χ2v) is 13.3. The van der Waals surface area contributed by atoms with E-state index in [0.29, 0.717) is 0 Å². The first-order valence-electron chi connectivity index (χ1n) is 16.0. The molecule has 1 aliphatic rings. The fourth-order valence-corrected chi connectivity index (χ4v) is 8.36. The normalized spacial score (nSPS) is 13.5. The van der Waals surface area contributed by atoms with Gasteiger partial charge in [-0.3, -0.25) is 0 Å². The molecule has 45 heavy (non-hydrogen) atoms. The van der Waals surface area contributed by atoms with E-state index in [-0.39, 0.29) is 5.41 Å². The number of aryl methyl sites for hydroxylation is 2. The van der Waals surface area contributed by atoms with Crippen molar-refractivity contribution in [1.82, 2.24) is 0 Å². The molecule has 0 radical (unpaired) electrons. The Morgan fingerprint density at radius 1 is 0.356 bits per heavy atom. The molecule has 8 aromatic carbocycles. The van der Waals surface area contributed by atoms with Crippen LogP contribution < -0.4 is 0 Å². The Balaban J connectivity index is 1.26. The lowest BCUT2D eigenvalue weighted by Gasteiger charge is -2.24. The maximum atomic E-state index is 2.48. The molecule has 0 amide bonds. The van der Waals surface area contributed by atoms with Gasteiger partial charge in [0.2, 0.25) is 0 Å². The summed E-state index contributed by atoms with van der Waals surface area (Å²) < 4.78 is 0. The van der Waals surface area contributed by atoms with Crippen molar-refractivity contribution in [2.24, 2.45) is 0 Å². The van der Waals surface area contributed by atoms with E-state index >= 15 is 0 Å². The third-order valence-corrected chi connectivity index (χ3v) is 10.7. The molecule has 0 nitrogen and oxygen atoms in total. The lowest BCUT2D eigenvalue weighted by molar-refractivity contribution is 0.661. The van der Waals surface area contributed by atoms with Gasteiger partial charge in [0.15, 0.2) is 0 Å². The molecular weight excluding hydrogens is 540 g/mol. The fraction of sp³-hybridized carbons (Fsp3) is 0.111. The Kier molecular flexibility index (Phi) is 5.48. The smallest absolute Gasteiger partial charge is 0.0159 e. The zero-order valence-electron chi connectivity index (χ0n) is 26.2. The van der Waals surface area contributed by atoms with Gasteiger partial charge in [0.25, 0.3) is 0 Å². The molecule has 0 saturated carbocycles. The highest BCUT2D eigenvalue weighted by atomic mass is 14.4. The van der Waals surface area contributed by atoms with Crippen molar-refractivity contribution in [2.45, 2.75) is 33.1 Å². The fourth-order valence-electron chi connectivity index (χ4n) is 8.36. The maximum absolute atomic E-state index is 2.48.